The first-order valence-corrected chi connectivity index (χ1v) is 8.12. The van der Waals surface area contributed by atoms with E-state index >= 15 is 0 Å². The lowest BCUT2D eigenvalue weighted by atomic mass is 10.1. The third-order valence-corrected chi connectivity index (χ3v) is 4.09. The zero-order valence-electron chi connectivity index (χ0n) is 14.9. The molecule has 0 spiro atoms. The quantitative estimate of drug-likeness (QED) is 0.409. The van der Waals surface area contributed by atoms with Crippen LogP contribution in [0.5, 0.6) is 5.88 Å². The fraction of sp³-hybridized carbons (Fsp3) is 0.471. The summed E-state index contributed by atoms with van der Waals surface area (Å²) in [5, 5.41) is 5.95. The minimum atomic E-state index is -0.107. The number of allylic oxidation sites excluding steroid dienone is 1. The average molecular weight is 353 g/mol. The number of ether oxygens (including phenoxy) is 1. The lowest BCUT2D eigenvalue weighted by Gasteiger charge is -2.29. The Bertz CT molecular complexity index is 601. The Kier molecular flexibility index (Phi) is 7.71. The Morgan fingerprint density at radius 3 is 2.62 bits per heavy atom. The van der Waals surface area contributed by atoms with E-state index in [0.717, 1.165) is 5.70 Å². The van der Waals surface area contributed by atoms with E-state index in [0.29, 0.717) is 29.6 Å². The molecule has 6 nitrogen and oxygen atoms in total. The van der Waals surface area contributed by atoms with Gasteiger partial charge in [0.15, 0.2) is 0 Å². The van der Waals surface area contributed by atoms with E-state index in [9.17, 15) is 4.79 Å². The van der Waals surface area contributed by atoms with Gasteiger partial charge in [-0.25, -0.2) is 4.98 Å². The van der Waals surface area contributed by atoms with Crippen molar-refractivity contribution in [3.05, 3.63) is 34.6 Å². The lowest BCUT2D eigenvalue weighted by Crippen LogP contribution is -2.42. The Balaban J connectivity index is 2.78. The van der Waals surface area contributed by atoms with Gasteiger partial charge in [0.1, 0.15) is 6.61 Å². The molecule has 0 N–H and O–H groups in total. The van der Waals surface area contributed by atoms with Gasteiger partial charge >= 0.3 is 0 Å². The van der Waals surface area contributed by atoms with Crippen molar-refractivity contribution in [2.24, 2.45) is 5.10 Å². The average Bonchev–Trinajstić information content (AvgIpc) is 2.59. The minimum absolute atomic E-state index is 0.0503. The van der Waals surface area contributed by atoms with Crippen molar-refractivity contribution in [2.45, 2.75) is 33.7 Å². The van der Waals surface area contributed by atoms with E-state index in [2.05, 4.69) is 16.8 Å². The highest BCUT2D eigenvalue weighted by atomic mass is 35.5. The topological polar surface area (TPSA) is 58.0 Å². The summed E-state index contributed by atoms with van der Waals surface area (Å²) in [6, 6.07) is 3.31. The SMILES string of the molecule is C=NN(C)/C(C)=C(/C)C(=O)N(CC)[C@@H](C)COc1ccc(Cl)cn1. The Morgan fingerprint density at radius 2 is 2.12 bits per heavy atom. The van der Waals surface area contributed by atoms with E-state index in [4.69, 9.17) is 16.3 Å². The van der Waals surface area contributed by atoms with Gasteiger partial charge < -0.3 is 9.64 Å². The molecule has 0 aromatic carbocycles. The van der Waals surface area contributed by atoms with Crippen LogP contribution in [-0.2, 0) is 4.79 Å². The first-order chi connectivity index (χ1) is 11.3. The molecule has 1 heterocycles. The van der Waals surface area contributed by atoms with Gasteiger partial charge in [-0.3, -0.25) is 9.80 Å². The molecule has 0 bridgehead atoms. The lowest BCUT2D eigenvalue weighted by molar-refractivity contribution is -0.129. The summed E-state index contributed by atoms with van der Waals surface area (Å²) in [5.74, 6) is 0.430. The van der Waals surface area contributed by atoms with Gasteiger partial charge in [-0.2, -0.15) is 5.10 Å². The third-order valence-electron chi connectivity index (χ3n) is 3.87. The van der Waals surface area contributed by atoms with Crippen LogP contribution in [0.4, 0.5) is 0 Å². The van der Waals surface area contributed by atoms with Crippen molar-refractivity contribution in [2.75, 3.05) is 20.2 Å². The van der Waals surface area contributed by atoms with E-state index in [1.165, 1.54) is 6.20 Å². The number of halogens is 1. The number of pyridine rings is 1. The van der Waals surface area contributed by atoms with Crippen LogP contribution in [0, 0.1) is 0 Å². The number of aromatic nitrogens is 1. The summed E-state index contributed by atoms with van der Waals surface area (Å²) in [4.78, 5) is 18.6. The highest BCUT2D eigenvalue weighted by Crippen LogP contribution is 2.15. The smallest absolute Gasteiger partial charge is 0.251 e. The molecule has 0 aliphatic carbocycles. The van der Waals surface area contributed by atoms with Gasteiger partial charge in [0.05, 0.1) is 11.1 Å². The highest BCUT2D eigenvalue weighted by molar-refractivity contribution is 6.30. The van der Waals surface area contributed by atoms with Crippen LogP contribution < -0.4 is 4.74 Å². The fourth-order valence-corrected chi connectivity index (χ4v) is 2.23. The number of nitrogens with zero attached hydrogens (tertiary/aromatic N) is 4. The molecule has 1 amide bonds. The summed E-state index contributed by atoms with van der Waals surface area (Å²) >= 11 is 5.80. The molecule has 0 fully saturated rings. The summed E-state index contributed by atoms with van der Waals surface area (Å²) in [6.45, 7) is 11.9. The van der Waals surface area contributed by atoms with E-state index in [-0.39, 0.29) is 11.9 Å². The normalized spacial score (nSPS) is 12.9. The molecular weight excluding hydrogens is 328 g/mol. The maximum absolute atomic E-state index is 12.7. The molecule has 24 heavy (non-hydrogen) atoms. The van der Waals surface area contributed by atoms with Gasteiger partial charge in [0.2, 0.25) is 5.88 Å². The molecule has 1 atom stereocenters. The van der Waals surface area contributed by atoms with Crippen LogP contribution in [0.2, 0.25) is 5.02 Å². The summed E-state index contributed by atoms with van der Waals surface area (Å²) in [7, 11) is 1.76. The first-order valence-electron chi connectivity index (χ1n) is 7.74. The van der Waals surface area contributed by atoms with Crippen molar-refractivity contribution in [1.29, 1.82) is 0 Å². The number of hydrazone groups is 1. The molecule has 0 saturated carbocycles. The van der Waals surface area contributed by atoms with Gasteiger partial charge in [-0.1, -0.05) is 11.6 Å². The predicted octanol–water partition coefficient (Wildman–Crippen LogP) is 3.19. The highest BCUT2D eigenvalue weighted by Gasteiger charge is 2.22. The number of amides is 1. The number of carbonyl (C=O) groups is 1. The van der Waals surface area contributed by atoms with Crippen molar-refractivity contribution in [3.63, 3.8) is 0 Å². The zero-order valence-corrected chi connectivity index (χ0v) is 15.7. The standard InChI is InChI=1S/C17H25ClN4O2/c1-7-22(17(23)13(3)14(4)21(6)19-5)12(2)11-24-16-9-8-15(18)10-20-16/h8-10,12H,5,7,11H2,1-4,6H3/b14-13-/t12-/m0/s1. The van der Waals surface area contributed by atoms with Gasteiger partial charge in [0.25, 0.3) is 5.91 Å². The molecule has 0 saturated heterocycles. The van der Waals surface area contributed by atoms with E-state index < -0.39 is 0 Å². The predicted molar refractivity (Wildman–Crippen MR) is 97.3 cm³/mol. The molecular formula is C17H25ClN4O2. The molecule has 1 aromatic heterocycles. The molecule has 0 radical (unpaired) electrons. The van der Waals surface area contributed by atoms with Crippen molar-refractivity contribution in [1.82, 2.24) is 14.9 Å². The summed E-state index contributed by atoms with van der Waals surface area (Å²) in [5.41, 5.74) is 1.39. The molecule has 7 heteroatoms. The fourth-order valence-electron chi connectivity index (χ4n) is 2.12. The second kappa shape index (κ2) is 9.27. The Hall–Kier alpha value is -2.08. The second-order valence-electron chi connectivity index (χ2n) is 5.44. The summed E-state index contributed by atoms with van der Waals surface area (Å²) in [6.07, 6.45) is 1.53. The van der Waals surface area contributed by atoms with E-state index in [1.54, 1.807) is 36.0 Å². The van der Waals surface area contributed by atoms with Crippen molar-refractivity contribution < 1.29 is 9.53 Å². The van der Waals surface area contributed by atoms with Crippen molar-refractivity contribution >= 4 is 24.2 Å². The number of carbonyl (C=O) groups excluding carboxylic acids is 1. The van der Waals surface area contributed by atoms with Crippen LogP contribution in [-0.4, -0.2) is 53.8 Å². The number of hydrogen-bond acceptors (Lipinski definition) is 5. The van der Waals surface area contributed by atoms with Crippen LogP contribution in [0.1, 0.15) is 27.7 Å². The first kappa shape index (κ1) is 20.0. The van der Waals surface area contributed by atoms with Crippen molar-refractivity contribution in [3.8, 4) is 5.88 Å². The van der Waals surface area contributed by atoms with Crippen LogP contribution in [0.25, 0.3) is 0 Å². The minimum Gasteiger partial charge on any atom is -0.475 e. The largest absolute Gasteiger partial charge is 0.475 e. The van der Waals surface area contributed by atoms with E-state index in [1.807, 2.05) is 20.8 Å². The molecule has 0 aliphatic rings. The molecule has 0 unspecified atom stereocenters. The number of hydrogen-bond donors (Lipinski definition) is 0. The summed E-state index contributed by atoms with van der Waals surface area (Å²) < 4.78 is 5.65. The number of likely N-dealkylation sites (N-methyl/N-ethyl adjacent to an activating group) is 1. The monoisotopic (exact) mass is 352 g/mol. The maximum atomic E-state index is 12.7. The molecule has 0 aliphatic heterocycles. The third kappa shape index (κ3) is 5.23. The Labute approximate surface area is 148 Å². The van der Waals surface area contributed by atoms with Crippen LogP contribution in [0.15, 0.2) is 34.7 Å². The zero-order chi connectivity index (χ0) is 18.3. The van der Waals surface area contributed by atoms with Gasteiger partial charge in [0, 0.05) is 43.8 Å². The van der Waals surface area contributed by atoms with Crippen LogP contribution >= 0.6 is 11.6 Å². The second-order valence-corrected chi connectivity index (χ2v) is 5.88. The Morgan fingerprint density at radius 1 is 1.46 bits per heavy atom. The molecule has 132 valence electrons. The van der Waals surface area contributed by atoms with Gasteiger partial charge in [-0.15, -0.1) is 0 Å². The molecule has 1 rings (SSSR count). The van der Waals surface area contributed by atoms with Gasteiger partial charge in [-0.05, 0) is 33.8 Å². The molecule has 1 aromatic rings. The number of rotatable bonds is 8. The maximum Gasteiger partial charge on any atom is 0.251 e. The van der Waals surface area contributed by atoms with Crippen LogP contribution in [0.3, 0.4) is 0 Å².